The lowest BCUT2D eigenvalue weighted by atomic mass is 9.82. The maximum Gasteiger partial charge on any atom is 0.248 e. The molecule has 1 fully saturated rings. The van der Waals surface area contributed by atoms with Gasteiger partial charge in [-0.3, -0.25) is 4.79 Å². The van der Waals surface area contributed by atoms with Gasteiger partial charge in [0.1, 0.15) is 17.0 Å². The highest BCUT2D eigenvalue weighted by atomic mass is 19.3. The van der Waals surface area contributed by atoms with Crippen LogP contribution in [0.15, 0.2) is 12.1 Å². The average Bonchev–Trinajstić information content (AvgIpc) is 3.14. The van der Waals surface area contributed by atoms with Crippen LogP contribution in [0.3, 0.4) is 0 Å². The second-order valence-electron chi connectivity index (χ2n) is 9.97. The van der Waals surface area contributed by atoms with E-state index in [-0.39, 0.29) is 54.0 Å². The number of hydrogen-bond donors (Lipinski definition) is 3. The Morgan fingerprint density at radius 3 is 2.41 bits per heavy atom. The van der Waals surface area contributed by atoms with Gasteiger partial charge in [-0.2, -0.15) is 0 Å². The first-order valence-corrected chi connectivity index (χ1v) is 11.2. The molecule has 1 aromatic carbocycles. The number of imidazole rings is 1. The summed E-state index contributed by atoms with van der Waals surface area (Å²) in [6.07, 6.45) is -1.18. The summed E-state index contributed by atoms with van der Waals surface area (Å²) in [6.45, 7) is 2.61. The Bertz CT molecular complexity index is 1020. The predicted octanol–water partition coefficient (Wildman–Crippen LogP) is 5.52. The van der Waals surface area contributed by atoms with Crippen LogP contribution >= 0.6 is 0 Å². The summed E-state index contributed by atoms with van der Waals surface area (Å²) in [6, 6.07) is 1.87. The first-order chi connectivity index (χ1) is 15.6. The van der Waals surface area contributed by atoms with Crippen molar-refractivity contribution in [2.75, 3.05) is 6.54 Å². The molecule has 3 rings (SSSR count). The molecule has 2 atom stereocenters. The fourth-order valence-electron chi connectivity index (χ4n) is 4.27. The first kappa shape index (κ1) is 26.3. The maximum absolute atomic E-state index is 15.4. The molecule has 0 bridgehead atoms. The number of carbonyl (C=O) groups excluding carboxylic acids is 1. The summed E-state index contributed by atoms with van der Waals surface area (Å²) in [5, 5.41) is 2.27. The van der Waals surface area contributed by atoms with Crippen LogP contribution < -0.4 is 11.1 Å². The van der Waals surface area contributed by atoms with Gasteiger partial charge in [0.05, 0.1) is 24.0 Å². The summed E-state index contributed by atoms with van der Waals surface area (Å²) in [4.78, 5) is 19.7. The number of benzene rings is 1. The first-order valence-electron chi connectivity index (χ1n) is 11.2. The molecule has 2 aromatic rings. The van der Waals surface area contributed by atoms with E-state index in [2.05, 4.69) is 15.3 Å². The van der Waals surface area contributed by atoms with Crippen molar-refractivity contribution in [2.24, 2.45) is 11.7 Å². The highest BCUT2D eigenvalue weighted by molar-refractivity contribution is 5.86. The van der Waals surface area contributed by atoms with Gasteiger partial charge in [-0.15, -0.1) is 0 Å². The number of hydrogen-bond acceptors (Lipinski definition) is 3. The second-order valence-corrected chi connectivity index (χ2v) is 9.97. The lowest BCUT2D eigenvalue weighted by Crippen LogP contribution is -2.39. The summed E-state index contributed by atoms with van der Waals surface area (Å²) in [5.74, 6) is -9.57. The zero-order valence-electron chi connectivity index (χ0n) is 19.3. The van der Waals surface area contributed by atoms with E-state index < -0.39 is 54.2 Å². The third-order valence-corrected chi connectivity index (χ3v) is 6.16. The second kappa shape index (κ2) is 9.39. The van der Waals surface area contributed by atoms with Crippen molar-refractivity contribution in [2.45, 2.75) is 82.3 Å². The van der Waals surface area contributed by atoms with Gasteiger partial charge < -0.3 is 16.0 Å². The van der Waals surface area contributed by atoms with Gasteiger partial charge in [0, 0.05) is 24.8 Å². The minimum Gasteiger partial charge on any atom is -0.352 e. The molecule has 1 saturated carbocycles. The summed E-state index contributed by atoms with van der Waals surface area (Å²) in [5.41, 5.74) is 4.19. The number of nitrogens with one attached hydrogen (secondary N) is 2. The molecular weight excluding hydrogens is 462 g/mol. The lowest BCUT2D eigenvalue weighted by Gasteiger charge is -2.31. The van der Waals surface area contributed by atoms with E-state index in [9.17, 15) is 26.7 Å². The number of amides is 1. The highest BCUT2D eigenvalue weighted by Gasteiger charge is 2.38. The van der Waals surface area contributed by atoms with E-state index >= 15 is 4.39 Å². The summed E-state index contributed by atoms with van der Waals surface area (Å²) in [7, 11) is 0. The molecule has 1 heterocycles. The molecule has 0 radical (unpaired) electrons. The van der Waals surface area contributed by atoms with Crippen LogP contribution in [0, 0.1) is 11.7 Å². The number of aromatic nitrogens is 2. The Balaban J connectivity index is 1.90. The smallest absolute Gasteiger partial charge is 0.248 e. The molecule has 0 saturated heterocycles. The highest BCUT2D eigenvalue weighted by Crippen LogP contribution is 2.41. The number of alkyl halides is 5. The fourth-order valence-corrected chi connectivity index (χ4v) is 4.27. The Kier molecular flexibility index (Phi) is 7.27. The number of carbonyl (C=O) groups is 1. The van der Waals surface area contributed by atoms with E-state index in [0.29, 0.717) is 6.92 Å². The normalized spacial score (nSPS) is 19.2. The van der Waals surface area contributed by atoms with E-state index in [4.69, 9.17) is 5.73 Å². The molecule has 34 heavy (non-hydrogen) atoms. The number of fused-ring (bicyclic) bond motifs is 1. The van der Waals surface area contributed by atoms with Crippen molar-refractivity contribution in [1.82, 2.24) is 15.3 Å². The third-order valence-electron chi connectivity index (χ3n) is 6.16. The third kappa shape index (κ3) is 6.43. The zero-order valence-corrected chi connectivity index (χ0v) is 19.3. The zero-order chi connectivity index (χ0) is 25.5. The Labute approximate surface area is 193 Å². The van der Waals surface area contributed by atoms with Crippen LogP contribution in [0.2, 0.25) is 0 Å². The van der Waals surface area contributed by atoms with Gasteiger partial charge in [-0.25, -0.2) is 31.3 Å². The van der Waals surface area contributed by atoms with Gasteiger partial charge >= 0.3 is 0 Å². The maximum atomic E-state index is 15.4. The van der Waals surface area contributed by atoms with Crippen molar-refractivity contribution in [3.63, 3.8) is 0 Å². The molecule has 1 aromatic heterocycles. The largest absolute Gasteiger partial charge is 0.352 e. The molecule has 0 aliphatic heterocycles. The summed E-state index contributed by atoms with van der Waals surface area (Å²) >= 11 is 0. The van der Waals surface area contributed by atoms with Crippen LogP contribution in [0.4, 0.5) is 26.3 Å². The minimum absolute atomic E-state index is 0.188. The van der Waals surface area contributed by atoms with Crippen LogP contribution in [-0.2, 0) is 4.79 Å². The quantitative estimate of drug-likeness (QED) is 0.425. The predicted molar refractivity (Wildman–Crippen MR) is 116 cm³/mol. The summed E-state index contributed by atoms with van der Waals surface area (Å²) < 4.78 is 83.9. The standard InChI is InChI=1S/C23H30F6N4O/c1-21(2,25)11-31-20(34)14(10-22(3,26)27)13-4-5-15-18(16(13)24)33-19(32-15)17(30)12-6-8-23(28,29)9-7-12/h4-5,12,14,17H,6-11,30H2,1-3H3,(H,31,34)(H,32,33)/t14-,17-/m0/s1. The monoisotopic (exact) mass is 492 g/mol. The Hall–Kier alpha value is -2.30. The molecule has 1 aliphatic rings. The topological polar surface area (TPSA) is 83.8 Å². The van der Waals surface area contributed by atoms with Crippen LogP contribution in [0.5, 0.6) is 0 Å². The van der Waals surface area contributed by atoms with Gasteiger partial charge in [0.25, 0.3) is 0 Å². The molecule has 4 N–H and O–H groups in total. The number of aromatic amines is 1. The van der Waals surface area contributed by atoms with Crippen molar-refractivity contribution < 1.29 is 31.1 Å². The molecule has 0 unspecified atom stereocenters. The SMILES string of the molecule is CC(C)(F)CNC(=O)[C@@H](CC(C)(F)F)c1ccc2[nH]c([C@@H](N)C3CCC(F)(F)CC3)nc2c1F. The average molecular weight is 493 g/mol. The van der Waals surface area contributed by atoms with E-state index in [1.54, 1.807) is 0 Å². The number of rotatable bonds is 8. The van der Waals surface area contributed by atoms with Crippen molar-refractivity contribution in [1.29, 1.82) is 0 Å². The Morgan fingerprint density at radius 2 is 1.85 bits per heavy atom. The van der Waals surface area contributed by atoms with Crippen molar-refractivity contribution in [3.05, 3.63) is 29.3 Å². The van der Waals surface area contributed by atoms with Gasteiger partial charge in [0.2, 0.25) is 17.8 Å². The fraction of sp³-hybridized carbons (Fsp3) is 0.652. The van der Waals surface area contributed by atoms with Crippen LogP contribution in [0.25, 0.3) is 11.0 Å². The molecule has 1 aliphatic carbocycles. The van der Waals surface area contributed by atoms with E-state index in [0.717, 1.165) is 0 Å². The molecular formula is C23H30F6N4O. The molecule has 11 heteroatoms. The number of H-pyrrole nitrogens is 1. The molecule has 1 amide bonds. The van der Waals surface area contributed by atoms with Gasteiger partial charge in [-0.05, 0) is 45.6 Å². The lowest BCUT2D eigenvalue weighted by molar-refractivity contribution is -0.125. The Morgan fingerprint density at radius 1 is 1.24 bits per heavy atom. The van der Waals surface area contributed by atoms with Gasteiger partial charge in [-0.1, -0.05) is 6.07 Å². The molecule has 190 valence electrons. The number of halogens is 6. The van der Waals surface area contributed by atoms with E-state index in [1.807, 2.05) is 0 Å². The van der Waals surface area contributed by atoms with Crippen molar-refractivity contribution in [3.8, 4) is 0 Å². The number of nitrogens with zero attached hydrogens (tertiary/aromatic N) is 1. The van der Waals surface area contributed by atoms with Gasteiger partial charge in [0.15, 0.2) is 5.82 Å². The van der Waals surface area contributed by atoms with E-state index in [1.165, 1.54) is 26.0 Å². The molecule has 0 spiro atoms. The van der Waals surface area contributed by atoms with Crippen LogP contribution in [-0.4, -0.2) is 39.9 Å². The molecule has 5 nitrogen and oxygen atoms in total. The minimum atomic E-state index is -3.29. The number of nitrogens with two attached hydrogens (primary N) is 1. The van der Waals surface area contributed by atoms with Crippen molar-refractivity contribution >= 4 is 16.9 Å². The van der Waals surface area contributed by atoms with Crippen LogP contribution in [0.1, 0.15) is 76.2 Å².